The van der Waals surface area contributed by atoms with Gasteiger partial charge in [-0.3, -0.25) is 9.48 Å². The molecule has 0 atom stereocenters. The number of ether oxygens (including phenoxy) is 2. The minimum atomic E-state index is -0.181. The van der Waals surface area contributed by atoms with Gasteiger partial charge in [-0.2, -0.15) is 5.10 Å². The standard InChI is InChI=1S/C21H19Cl2N3O3/c22-17-4-2-1-3-15(17)12-26-13-16(11-25-26)21(27)24-6-5-14-9-18(23)20-19(10-14)28-7-8-29-20/h1-4,9-11,13H,5-8,12H2,(H,24,27). The third-order valence-corrected chi connectivity index (χ3v) is 5.19. The van der Waals surface area contributed by atoms with Crippen molar-refractivity contribution in [3.05, 3.63) is 75.5 Å². The predicted octanol–water partition coefficient (Wildman–Crippen LogP) is 3.98. The minimum Gasteiger partial charge on any atom is -0.486 e. The van der Waals surface area contributed by atoms with Crippen molar-refractivity contribution >= 4 is 29.1 Å². The van der Waals surface area contributed by atoms with Gasteiger partial charge in [0.2, 0.25) is 0 Å². The largest absolute Gasteiger partial charge is 0.486 e. The van der Waals surface area contributed by atoms with Crippen LogP contribution in [0.4, 0.5) is 0 Å². The molecule has 1 aliphatic rings. The maximum absolute atomic E-state index is 12.4. The second-order valence-corrected chi connectivity index (χ2v) is 7.44. The molecule has 1 amide bonds. The van der Waals surface area contributed by atoms with Crippen LogP contribution < -0.4 is 14.8 Å². The smallest absolute Gasteiger partial charge is 0.254 e. The summed E-state index contributed by atoms with van der Waals surface area (Å²) in [6, 6.07) is 11.3. The van der Waals surface area contributed by atoms with Crippen molar-refractivity contribution < 1.29 is 14.3 Å². The number of hydrogen-bond acceptors (Lipinski definition) is 4. The molecular formula is C21H19Cl2N3O3. The third kappa shape index (κ3) is 4.66. The number of rotatable bonds is 6. The van der Waals surface area contributed by atoms with Crippen LogP contribution in [0.25, 0.3) is 0 Å². The Morgan fingerprint density at radius 3 is 2.83 bits per heavy atom. The molecule has 0 aliphatic carbocycles. The zero-order valence-corrected chi connectivity index (χ0v) is 17.0. The van der Waals surface area contributed by atoms with E-state index in [9.17, 15) is 4.79 Å². The SMILES string of the molecule is O=C(NCCc1cc(Cl)c2c(c1)OCCO2)c1cnn(Cc2ccccc2Cl)c1. The Morgan fingerprint density at radius 2 is 1.97 bits per heavy atom. The molecule has 0 spiro atoms. The highest BCUT2D eigenvalue weighted by Crippen LogP contribution is 2.38. The molecule has 8 heteroatoms. The first-order valence-electron chi connectivity index (χ1n) is 9.22. The van der Waals surface area contributed by atoms with Crippen molar-refractivity contribution in [2.75, 3.05) is 19.8 Å². The lowest BCUT2D eigenvalue weighted by Gasteiger charge is -2.20. The lowest BCUT2D eigenvalue weighted by molar-refractivity contribution is 0.0954. The predicted molar refractivity (Wildman–Crippen MR) is 111 cm³/mol. The summed E-state index contributed by atoms with van der Waals surface area (Å²) in [5.41, 5.74) is 2.41. The number of aromatic nitrogens is 2. The zero-order chi connectivity index (χ0) is 20.2. The van der Waals surface area contributed by atoms with Crippen LogP contribution in [0.1, 0.15) is 21.5 Å². The maximum Gasteiger partial charge on any atom is 0.254 e. The number of benzene rings is 2. The minimum absolute atomic E-state index is 0.181. The maximum atomic E-state index is 12.4. The Kier molecular flexibility index (Phi) is 5.92. The second-order valence-electron chi connectivity index (χ2n) is 6.63. The highest BCUT2D eigenvalue weighted by Gasteiger charge is 2.17. The summed E-state index contributed by atoms with van der Waals surface area (Å²) in [7, 11) is 0. The molecule has 2 heterocycles. The van der Waals surface area contributed by atoms with Crippen LogP contribution in [0, 0.1) is 0 Å². The van der Waals surface area contributed by atoms with Crippen molar-refractivity contribution in [2.24, 2.45) is 0 Å². The molecule has 0 saturated carbocycles. The first-order valence-corrected chi connectivity index (χ1v) is 9.98. The highest BCUT2D eigenvalue weighted by atomic mass is 35.5. The van der Waals surface area contributed by atoms with E-state index in [2.05, 4.69) is 10.4 Å². The monoisotopic (exact) mass is 431 g/mol. The number of nitrogens with one attached hydrogen (secondary N) is 1. The molecule has 0 fully saturated rings. The van der Waals surface area contributed by atoms with Crippen LogP contribution >= 0.6 is 23.2 Å². The lowest BCUT2D eigenvalue weighted by atomic mass is 10.1. The van der Waals surface area contributed by atoms with Gasteiger partial charge in [-0.15, -0.1) is 0 Å². The molecule has 150 valence electrons. The van der Waals surface area contributed by atoms with Crippen molar-refractivity contribution in [1.82, 2.24) is 15.1 Å². The second kappa shape index (κ2) is 8.76. The first-order chi connectivity index (χ1) is 14.1. The molecule has 4 rings (SSSR count). The summed E-state index contributed by atoms with van der Waals surface area (Å²) in [5.74, 6) is 1.04. The van der Waals surface area contributed by atoms with Crippen LogP contribution in [0.5, 0.6) is 11.5 Å². The highest BCUT2D eigenvalue weighted by molar-refractivity contribution is 6.32. The summed E-state index contributed by atoms with van der Waals surface area (Å²) in [4.78, 5) is 12.4. The Labute approximate surface area is 178 Å². The van der Waals surface area contributed by atoms with Crippen LogP contribution in [0.3, 0.4) is 0 Å². The Balaban J connectivity index is 1.33. The molecule has 1 aromatic heterocycles. The van der Waals surface area contributed by atoms with Crippen LogP contribution in [-0.2, 0) is 13.0 Å². The molecule has 29 heavy (non-hydrogen) atoms. The number of carbonyl (C=O) groups excluding carboxylic acids is 1. The van der Waals surface area contributed by atoms with E-state index in [0.717, 1.165) is 11.1 Å². The number of amides is 1. The van der Waals surface area contributed by atoms with Crippen LogP contribution in [0.2, 0.25) is 10.0 Å². The summed E-state index contributed by atoms with van der Waals surface area (Å²) < 4.78 is 12.8. The lowest BCUT2D eigenvalue weighted by Crippen LogP contribution is -2.25. The third-order valence-electron chi connectivity index (χ3n) is 4.54. The molecule has 1 aliphatic heterocycles. The average Bonchev–Trinajstić information content (AvgIpc) is 3.18. The van der Waals surface area contributed by atoms with Gasteiger partial charge in [-0.25, -0.2) is 0 Å². The van der Waals surface area contributed by atoms with Gasteiger partial charge >= 0.3 is 0 Å². The van der Waals surface area contributed by atoms with Gasteiger partial charge in [0.15, 0.2) is 11.5 Å². The van der Waals surface area contributed by atoms with Crippen molar-refractivity contribution in [3.63, 3.8) is 0 Å². The first kappa shape index (κ1) is 19.6. The summed E-state index contributed by atoms with van der Waals surface area (Å²) in [6.45, 7) is 1.96. The molecule has 6 nitrogen and oxygen atoms in total. The van der Waals surface area contributed by atoms with Gasteiger partial charge < -0.3 is 14.8 Å². The van der Waals surface area contributed by atoms with Gasteiger partial charge in [-0.1, -0.05) is 41.4 Å². The normalized spacial score (nSPS) is 12.6. The van der Waals surface area contributed by atoms with Gasteiger partial charge in [0, 0.05) is 17.8 Å². The molecule has 0 radical (unpaired) electrons. The van der Waals surface area contributed by atoms with Crippen LogP contribution in [-0.4, -0.2) is 35.4 Å². The number of fused-ring (bicyclic) bond motifs is 1. The fourth-order valence-electron chi connectivity index (χ4n) is 3.10. The molecule has 0 unspecified atom stereocenters. The fourth-order valence-corrected chi connectivity index (χ4v) is 3.58. The van der Waals surface area contributed by atoms with Crippen molar-refractivity contribution in [3.8, 4) is 11.5 Å². The van der Waals surface area contributed by atoms with E-state index in [1.807, 2.05) is 36.4 Å². The zero-order valence-electron chi connectivity index (χ0n) is 15.5. The van der Waals surface area contributed by atoms with Gasteiger partial charge in [-0.05, 0) is 35.7 Å². The number of halogens is 2. The van der Waals surface area contributed by atoms with E-state index in [-0.39, 0.29) is 5.91 Å². The summed E-state index contributed by atoms with van der Waals surface area (Å²) in [5, 5.41) is 8.34. The molecule has 0 bridgehead atoms. The molecule has 0 saturated heterocycles. The average molecular weight is 432 g/mol. The van der Waals surface area contributed by atoms with E-state index in [1.165, 1.54) is 0 Å². The molecule has 3 aromatic rings. The van der Waals surface area contributed by atoms with Gasteiger partial charge in [0.1, 0.15) is 13.2 Å². The molecule has 1 N–H and O–H groups in total. The fraction of sp³-hybridized carbons (Fsp3) is 0.238. The Morgan fingerprint density at radius 1 is 1.14 bits per heavy atom. The molecule has 2 aromatic carbocycles. The van der Waals surface area contributed by atoms with Crippen LogP contribution in [0.15, 0.2) is 48.8 Å². The van der Waals surface area contributed by atoms with Gasteiger partial charge in [0.25, 0.3) is 5.91 Å². The topological polar surface area (TPSA) is 65.4 Å². The van der Waals surface area contributed by atoms with E-state index in [4.69, 9.17) is 32.7 Å². The quantitative estimate of drug-likeness (QED) is 0.640. The summed E-state index contributed by atoms with van der Waals surface area (Å²) >= 11 is 12.4. The number of hydrogen-bond donors (Lipinski definition) is 1. The van der Waals surface area contributed by atoms with Crippen molar-refractivity contribution in [2.45, 2.75) is 13.0 Å². The van der Waals surface area contributed by atoms with Gasteiger partial charge in [0.05, 0.1) is 23.3 Å². The number of carbonyl (C=O) groups is 1. The Hall–Kier alpha value is -2.70. The number of nitrogens with zero attached hydrogens (tertiary/aromatic N) is 2. The van der Waals surface area contributed by atoms with E-state index >= 15 is 0 Å². The Bertz CT molecular complexity index is 1040. The summed E-state index contributed by atoms with van der Waals surface area (Å²) in [6.07, 6.45) is 3.88. The van der Waals surface area contributed by atoms with E-state index in [0.29, 0.717) is 59.8 Å². The van der Waals surface area contributed by atoms with E-state index < -0.39 is 0 Å². The van der Waals surface area contributed by atoms with E-state index in [1.54, 1.807) is 17.1 Å². The molecular weight excluding hydrogens is 413 g/mol. The van der Waals surface area contributed by atoms with Crippen molar-refractivity contribution in [1.29, 1.82) is 0 Å².